The highest BCUT2D eigenvalue weighted by Gasteiger charge is 2.35. The molecular formula is C15H25NO5. The highest BCUT2D eigenvalue weighted by molar-refractivity contribution is 5.84. The van der Waals surface area contributed by atoms with Crippen LogP contribution in [0.2, 0.25) is 0 Å². The standard InChI is InChI=1S/C15H25NO5/c1-5-20-13(18)12-9-8-11(17)7-6-10-16(12)14(19)21-15(2,3)4/h12H,5-10H2,1-4H3/t12-/m0/s1. The van der Waals surface area contributed by atoms with Gasteiger partial charge in [0.2, 0.25) is 0 Å². The summed E-state index contributed by atoms with van der Waals surface area (Å²) < 4.78 is 10.4. The minimum atomic E-state index is -0.746. The van der Waals surface area contributed by atoms with Crippen LogP contribution >= 0.6 is 0 Å². The van der Waals surface area contributed by atoms with Crippen LogP contribution in [0, 0.1) is 0 Å². The van der Waals surface area contributed by atoms with Gasteiger partial charge < -0.3 is 9.47 Å². The zero-order chi connectivity index (χ0) is 16.0. The van der Waals surface area contributed by atoms with Crippen molar-refractivity contribution in [2.75, 3.05) is 13.2 Å². The Labute approximate surface area is 125 Å². The third kappa shape index (κ3) is 5.73. The highest BCUT2D eigenvalue weighted by Crippen LogP contribution is 2.19. The maximum Gasteiger partial charge on any atom is 0.411 e. The number of rotatable bonds is 2. The second kappa shape index (κ2) is 7.43. The van der Waals surface area contributed by atoms with E-state index in [0.717, 1.165) is 0 Å². The van der Waals surface area contributed by atoms with Gasteiger partial charge in [-0.05, 0) is 40.5 Å². The topological polar surface area (TPSA) is 72.9 Å². The number of likely N-dealkylation sites (tertiary alicyclic amines) is 1. The average Bonchev–Trinajstić information content (AvgIpc) is 2.31. The summed E-state index contributed by atoms with van der Waals surface area (Å²) >= 11 is 0. The number of hydrogen-bond donors (Lipinski definition) is 0. The first-order valence-electron chi connectivity index (χ1n) is 7.42. The highest BCUT2D eigenvalue weighted by atomic mass is 16.6. The maximum absolute atomic E-state index is 12.3. The first-order chi connectivity index (χ1) is 9.74. The molecule has 0 bridgehead atoms. The molecule has 1 aliphatic heterocycles. The molecule has 1 heterocycles. The van der Waals surface area contributed by atoms with Crippen molar-refractivity contribution in [3.8, 4) is 0 Å². The summed E-state index contributed by atoms with van der Waals surface area (Å²) in [7, 11) is 0. The Morgan fingerprint density at radius 3 is 2.52 bits per heavy atom. The van der Waals surface area contributed by atoms with Crippen molar-refractivity contribution in [2.24, 2.45) is 0 Å². The van der Waals surface area contributed by atoms with Gasteiger partial charge in [-0.25, -0.2) is 9.59 Å². The summed E-state index contributed by atoms with van der Waals surface area (Å²) in [5, 5.41) is 0. The fourth-order valence-electron chi connectivity index (χ4n) is 2.20. The number of amides is 1. The van der Waals surface area contributed by atoms with Crippen LogP contribution in [0.15, 0.2) is 0 Å². The monoisotopic (exact) mass is 299 g/mol. The molecule has 0 aliphatic carbocycles. The third-order valence-corrected chi connectivity index (χ3v) is 3.11. The molecule has 21 heavy (non-hydrogen) atoms. The molecule has 0 unspecified atom stereocenters. The van der Waals surface area contributed by atoms with Gasteiger partial charge in [0.05, 0.1) is 6.61 Å². The molecule has 1 fully saturated rings. The van der Waals surface area contributed by atoms with Crippen molar-refractivity contribution >= 4 is 17.8 Å². The molecule has 1 aliphatic rings. The number of esters is 1. The number of carbonyl (C=O) groups excluding carboxylic acids is 3. The molecule has 0 aromatic carbocycles. The Balaban J connectivity index is 2.88. The molecule has 0 saturated carbocycles. The van der Waals surface area contributed by atoms with Gasteiger partial charge in [0.1, 0.15) is 17.4 Å². The van der Waals surface area contributed by atoms with Gasteiger partial charge in [-0.3, -0.25) is 9.69 Å². The molecule has 120 valence electrons. The van der Waals surface area contributed by atoms with E-state index in [4.69, 9.17) is 9.47 Å². The van der Waals surface area contributed by atoms with E-state index in [0.29, 0.717) is 19.4 Å². The lowest BCUT2D eigenvalue weighted by Gasteiger charge is -2.33. The van der Waals surface area contributed by atoms with Crippen LogP contribution in [-0.2, 0) is 19.1 Å². The normalized spacial score (nSPS) is 20.5. The zero-order valence-corrected chi connectivity index (χ0v) is 13.3. The Kier molecular flexibility index (Phi) is 6.18. The predicted molar refractivity (Wildman–Crippen MR) is 76.8 cm³/mol. The van der Waals surface area contributed by atoms with E-state index in [1.54, 1.807) is 27.7 Å². The van der Waals surface area contributed by atoms with Crippen LogP contribution < -0.4 is 0 Å². The molecular weight excluding hydrogens is 274 g/mol. The van der Waals surface area contributed by atoms with Gasteiger partial charge in [0.15, 0.2) is 0 Å². The number of nitrogens with zero attached hydrogens (tertiary/aromatic N) is 1. The Bertz CT molecular complexity index is 399. The molecule has 6 nitrogen and oxygen atoms in total. The fraction of sp³-hybridized carbons (Fsp3) is 0.800. The molecule has 0 radical (unpaired) electrons. The predicted octanol–water partition coefficient (Wildman–Crippen LogP) is 2.30. The van der Waals surface area contributed by atoms with E-state index in [1.807, 2.05) is 0 Å². The molecule has 1 saturated heterocycles. The first kappa shape index (κ1) is 17.5. The van der Waals surface area contributed by atoms with Crippen LogP contribution in [0.25, 0.3) is 0 Å². The lowest BCUT2D eigenvalue weighted by Crippen LogP contribution is -2.49. The van der Waals surface area contributed by atoms with Gasteiger partial charge in [0, 0.05) is 19.4 Å². The van der Waals surface area contributed by atoms with Crippen molar-refractivity contribution in [1.29, 1.82) is 0 Å². The molecule has 1 atom stereocenters. The second-order valence-electron chi connectivity index (χ2n) is 6.12. The molecule has 0 aromatic heterocycles. The number of Topliss-reactive ketones (excluding diaryl/α,β-unsaturated/α-hetero) is 1. The van der Waals surface area contributed by atoms with E-state index >= 15 is 0 Å². The lowest BCUT2D eigenvalue weighted by molar-refractivity contribution is -0.150. The number of ether oxygens (including phenoxy) is 2. The largest absolute Gasteiger partial charge is 0.464 e. The van der Waals surface area contributed by atoms with Crippen molar-refractivity contribution < 1.29 is 23.9 Å². The van der Waals surface area contributed by atoms with Gasteiger partial charge in [0.25, 0.3) is 0 Å². The number of carbonyl (C=O) groups is 3. The minimum Gasteiger partial charge on any atom is -0.464 e. The van der Waals surface area contributed by atoms with E-state index in [-0.39, 0.29) is 25.2 Å². The van der Waals surface area contributed by atoms with Crippen LogP contribution in [0.4, 0.5) is 4.79 Å². The Morgan fingerprint density at radius 1 is 1.29 bits per heavy atom. The smallest absolute Gasteiger partial charge is 0.411 e. The second-order valence-corrected chi connectivity index (χ2v) is 6.12. The Morgan fingerprint density at radius 2 is 1.95 bits per heavy atom. The van der Waals surface area contributed by atoms with Gasteiger partial charge >= 0.3 is 12.1 Å². The van der Waals surface area contributed by atoms with E-state index in [2.05, 4.69) is 0 Å². The number of ketones is 1. The van der Waals surface area contributed by atoms with E-state index in [9.17, 15) is 14.4 Å². The van der Waals surface area contributed by atoms with E-state index < -0.39 is 23.7 Å². The maximum atomic E-state index is 12.3. The first-order valence-corrected chi connectivity index (χ1v) is 7.42. The van der Waals surface area contributed by atoms with E-state index in [1.165, 1.54) is 4.90 Å². The minimum absolute atomic E-state index is 0.119. The average molecular weight is 299 g/mol. The van der Waals surface area contributed by atoms with Crippen molar-refractivity contribution in [3.05, 3.63) is 0 Å². The molecule has 6 heteroatoms. The van der Waals surface area contributed by atoms with Gasteiger partial charge in [-0.2, -0.15) is 0 Å². The molecule has 1 rings (SSSR count). The zero-order valence-electron chi connectivity index (χ0n) is 13.3. The fourth-order valence-corrected chi connectivity index (χ4v) is 2.20. The molecule has 0 N–H and O–H groups in total. The third-order valence-electron chi connectivity index (χ3n) is 3.11. The van der Waals surface area contributed by atoms with Crippen molar-refractivity contribution in [3.63, 3.8) is 0 Å². The molecule has 0 spiro atoms. The summed E-state index contributed by atoms with van der Waals surface area (Å²) in [6.45, 7) is 7.60. The van der Waals surface area contributed by atoms with Gasteiger partial charge in [-0.1, -0.05) is 0 Å². The Hall–Kier alpha value is -1.59. The van der Waals surface area contributed by atoms with Crippen LogP contribution in [0.3, 0.4) is 0 Å². The summed E-state index contributed by atoms with van der Waals surface area (Å²) in [6.07, 6.45) is 0.998. The van der Waals surface area contributed by atoms with Crippen LogP contribution in [0.1, 0.15) is 53.4 Å². The van der Waals surface area contributed by atoms with Gasteiger partial charge in [-0.15, -0.1) is 0 Å². The summed E-state index contributed by atoms with van der Waals surface area (Å²) in [4.78, 5) is 37.3. The van der Waals surface area contributed by atoms with Crippen LogP contribution in [0.5, 0.6) is 0 Å². The summed E-state index contributed by atoms with van der Waals surface area (Å²) in [5.41, 5.74) is -0.630. The SMILES string of the molecule is CCOC(=O)[C@@H]1CCC(=O)CCCN1C(=O)OC(C)(C)C. The molecule has 1 amide bonds. The summed E-state index contributed by atoms with van der Waals surface area (Å²) in [6, 6.07) is -0.746. The van der Waals surface area contributed by atoms with Crippen molar-refractivity contribution in [2.45, 2.75) is 65.0 Å². The summed E-state index contributed by atoms with van der Waals surface area (Å²) in [5.74, 6) is -0.355. The number of hydrogen-bond acceptors (Lipinski definition) is 5. The van der Waals surface area contributed by atoms with Crippen molar-refractivity contribution in [1.82, 2.24) is 4.90 Å². The quantitative estimate of drug-likeness (QED) is 0.731. The lowest BCUT2D eigenvalue weighted by atomic mass is 10.0. The molecule has 0 aromatic rings. The van der Waals surface area contributed by atoms with Crippen LogP contribution in [-0.4, -0.2) is 47.5 Å².